The first kappa shape index (κ1) is 14.4. The van der Waals surface area contributed by atoms with Crippen LogP contribution >= 0.6 is 0 Å². The van der Waals surface area contributed by atoms with Gasteiger partial charge in [0.1, 0.15) is 0 Å². The summed E-state index contributed by atoms with van der Waals surface area (Å²) >= 11 is 0. The maximum absolute atomic E-state index is 11.7. The van der Waals surface area contributed by atoms with Gasteiger partial charge in [0.25, 0.3) is 0 Å². The van der Waals surface area contributed by atoms with E-state index in [0.29, 0.717) is 12.8 Å². The van der Waals surface area contributed by atoms with Crippen LogP contribution in [0.1, 0.15) is 25.3 Å². The molecule has 4 heteroatoms. The summed E-state index contributed by atoms with van der Waals surface area (Å²) in [5.41, 5.74) is 0.913. The SMILES string of the molecule is CCCC(=O)C(OCc1ccccc1)C(=O)OC. The van der Waals surface area contributed by atoms with Crippen LogP contribution in [0.2, 0.25) is 0 Å². The van der Waals surface area contributed by atoms with Gasteiger partial charge in [0.2, 0.25) is 6.10 Å². The number of carbonyl (C=O) groups is 2. The minimum Gasteiger partial charge on any atom is -0.467 e. The number of benzene rings is 1. The van der Waals surface area contributed by atoms with Gasteiger partial charge in [-0.25, -0.2) is 4.79 Å². The second-order valence-corrected chi connectivity index (χ2v) is 3.92. The standard InChI is InChI=1S/C14H18O4/c1-3-7-12(15)13(14(16)17-2)18-10-11-8-5-4-6-9-11/h4-6,8-9,13H,3,7,10H2,1-2H3. The number of Topliss-reactive ketones (excluding diaryl/α,β-unsaturated/α-hetero) is 1. The summed E-state index contributed by atoms with van der Waals surface area (Å²) in [4.78, 5) is 23.2. The first-order valence-corrected chi connectivity index (χ1v) is 5.95. The van der Waals surface area contributed by atoms with Crippen molar-refractivity contribution in [3.63, 3.8) is 0 Å². The van der Waals surface area contributed by atoms with Gasteiger partial charge in [0.15, 0.2) is 5.78 Å². The van der Waals surface area contributed by atoms with Crippen LogP contribution in [0.5, 0.6) is 0 Å². The topological polar surface area (TPSA) is 52.6 Å². The molecule has 0 amide bonds. The van der Waals surface area contributed by atoms with Crippen molar-refractivity contribution in [2.24, 2.45) is 0 Å². The van der Waals surface area contributed by atoms with Crippen molar-refractivity contribution >= 4 is 11.8 Å². The Kier molecular flexibility index (Phi) is 6.08. The average Bonchev–Trinajstić information content (AvgIpc) is 2.40. The van der Waals surface area contributed by atoms with E-state index in [-0.39, 0.29) is 12.4 Å². The third-order valence-electron chi connectivity index (χ3n) is 2.46. The van der Waals surface area contributed by atoms with Crippen LogP contribution < -0.4 is 0 Å². The van der Waals surface area contributed by atoms with E-state index in [1.54, 1.807) is 0 Å². The fraction of sp³-hybridized carbons (Fsp3) is 0.429. The third-order valence-corrected chi connectivity index (χ3v) is 2.46. The molecule has 1 unspecified atom stereocenters. The van der Waals surface area contributed by atoms with E-state index in [1.165, 1.54) is 7.11 Å². The Labute approximate surface area is 107 Å². The van der Waals surface area contributed by atoms with E-state index >= 15 is 0 Å². The molecule has 0 radical (unpaired) electrons. The normalized spacial score (nSPS) is 11.9. The summed E-state index contributed by atoms with van der Waals surface area (Å²) in [6, 6.07) is 9.39. The predicted molar refractivity (Wildman–Crippen MR) is 67.0 cm³/mol. The lowest BCUT2D eigenvalue weighted by Crippen LogP contribution is -2.33. The van der Waals surface area contributed by atoms with Gasteiger partial charge >= 0.3 is 5.97 Å². The summed E-state index contributed by atoms with van der Waals surface area (Å²) in [7, 11) is 1.25. The van der Waals surface area contributed by atoms with Gasteiger partial charge in [-0.05, 0) is 12.0 Å². The minimum atomic E-state index is -1.12. The Bertz CT molecular complexity index is 386. The number of esters is 1. The van der Waals surface area contributed by atoms with Crippen LogP contribution in [0.4, 0.5) is 0 Å². The molecule has 0 spiro atoms. The third kappa shape index (κ3) is 4.30. The van der Waals surface area contributed by atoms with Gasteiger partial charge < -0.3 is 9.47 Å². The van der Waals surface area contributed by atoms with Gasteiger partial charge in [0, 0.05) is 6.42 Å². The number of ether oxygens (including phenoxy) is 2. The lowest BCUT2D eigenvalue weighted by molar-refractivity contribution is -0.160. The number of ketones is 1. The van der Waals surface area contributed by atoms with Crippen molar-refractivity contribution in [3.8, 4) is 0 Å². The van der Waals surface area contributed by atoms with Crippen LogP contribution in [0, 0.1) is 0 Å². The monoisotopic (exact) mass is 250 g/mol. The Morgan fingerprint density at radius 3 is 2.44 bits per heavy atom. The molecule has 18 heavy (non-hydrogen) atoms. The molecular weight excluding hydrogens is 232 g/mol. The number of rotatable bonds is 7. The molecule has 0 aliphatic rings. The van der Waals surface area contributed by atoms with Crippen molar-refractivity contribution in [1.82, 2.24) is 0 Å². The smallest absolute Gasteiger partial charge is 0.342 e. The highest BCUT2D eigenvalue weighted by Gasteiger charge is 2.27. The fourth-order valence-corrected chi connectivity index (χ4v) is 1.53. The van der Waals surface area contributed by atoms with Gasteiger partial charge in [0.05, 0.1) is 13.7 Å². The Morgan fingerprint density at radius 1 is 1.22 bits per heavy atom. The van der Waals surface area contributed by atoms with Crippen LogP contribution in [-0.2, 0) is 25.7 Å². The maximum Gasteiger partial charge on any atom is 0.342 e. The number of hydrogen-bond donors (Lipinski definition) is 0. The molecule has 0 N–H and O–H groups in total. The molecular formula is C14H18O4. The Morgan fingerprint density at radius 2 is 1.89 bits per heavy atom. The Hall–Kier alpha value is -1.68. The predicted octanol–water partition coefficient (Wildman–Crippen LogP) is 2.11. The largest absolute Gasteiger partial charge is 0.467 e. The van der Waals surface area contributed by atoms with Crippen LogP contribution in [0.15, 0.2) is 30.3 Å². The molecule has 98 valence electrons. The highest BCUT2D eigenvalue weighted by atomic mass is 16.6. The Balaban J connectivity index is 2.62. The van der Waals surface area contributed by atoms with Gasteiger partial charge in [-0.2, -0.15) is 0 Å². The fourth-order valence-electron chi connectivity index (χ4n) is 1.53. The minimum absolute atomic E-state index is 0.218. The van der Waals surface area contributed by atoms with Gasteiger partial charge in [-0.3, -0.25) is 4.79 Å². The summed E-state index contributed by atoms with van der Waals surface area (Å²) in [5.74, 6) is -0.871. The van der Waals surface area contributed by atoms with Crippen molar-refractivity contribution in [2.45, 2.75) is 32.5 Å². The maximum atomic E-state index is 11.7. The molecule has 1 atom stereocenters. The zero-order valence-electron chi connectivity index (χ0n) is 10.7. The molecule has 0 aliphatic heterocycles. The molecule has 1 rings (SSSR count). The molecule has 0 aliphatic carbocycles. The highest BCUT2D eigenvalue weighted by Crippen LogP contribution is 2.08. The van der Waals surface area contributed by atoms with E-state index < -0.39 is 12.1 Å². The molecule has 4 nitrogen and oxygen atoms in total. The van der Waals surface area contributed by atoms with Crippen LogP contribution in [-0.4, -0.2) is 25.0 Å². The van der Waals surface area contributed by atoms with Gasteiger partial charge in [-0.1, -0.05) is 37.3 Å². The van der Waals surface area contributed by atoms with Crippen molar-refractivity contribution < 1.29 is 19.1 Å². The molecule has 0 aromatic heterocycles. The lowest BCUT2D eigenvalue weighted by atomic mass is 10.1. The van der Waals surface area contributed by atoms with Crippen molar-refractivity contribution in [3.05, 3.63) is 35.9 Å². The van der Waals surface area contributed by atoms with Crippen molar-refractivity contribution in [2.75, 3.05) is 7.11 Å². The van der Waals surface area contributed by atoms with E-state index in [9.17, 15) is 9.59 Å². The van der Waals surface area contributed by atoms with Crippen LogP contribution in [0.3, 0.4) is 0 Å². The van der Waals surface area contributed by atoms with E-state index in [0.717, 1.165) is 5.56 Å². The molecule has 0 fully saturated rings. The van der Waals surface area contributed by atoms with E-state index in [2.05, 4.69) is 4.74 Å². The molecule has 0 heterocycles. The first-order valence-electron chi connectivity index (χ1n) is 5.95. The zero-order chi connectivity index (χ0) is 13.4. The van der Waals surface area contributed by atoms with Crippen LogP contribution in [0.25, 0.3) is 0 Å². The summed E-state index contributed by atoms with van der Waals surface area (Å²) < 4.78 is 9.95. The van der Waals surface area contributed by atoms with E-state index in [1.807, 2.05) is 37.3 Å². The quantitative estimate of drug-likeness (QED) is 0.549. The molecule has 0 saturated carbocycles. The second kappa shape index (κ2) is 7.61. The van der Waals surface area contributed by atoms with Crippen molar-refractivity contribution in [1.29, 1.82) is 0 Å². The molecule has 0 bridgehead atoms. The second-order valence-electron chi connectivity index (χ2n) is 3.92. The molecule has 1 aromatic carbocycles. The zero-order valence-corrected chi connectivity index (χ0v) is 10.7. The average molecular weight is 250 g/mol. The number of methoxy groups -OCH3 is 1. The summed E-state index contributed by atoms with van der Waals surface area (Å²) in [6.07, 6.45) is -0.120. The van der Waals surface area contributed by atoms with Gasteiger partial charge in [-0.15, -0.1) is 0 Å². The summed E-state index contributed by atoms with van der Waals surface area (Å²) in [5, 5.41) is 0. The number of carbonyl (C=O) groups excluding carboxylic acids is 2. The lowest BCUT2D eigenvalue weighted by Gasteiger charge is -2.14. The molecule has 0 saturated heterocycles. The molecule has 1 aromatic rings. The first-order chi connectivity index (χ1) is 8.69. The highest BCUT2D eigenvalue weighted by molar-refractivity contribution is 6.01. The number of hydrogen-bond acceptors (Lipinski definition) is 4. The van der Waals surface area contributed by atoms with E-state index in [4.69, 9.17) is 4.74 Å². The summed E-state index contributed by atoms with van der Waals surface area (Å²) in [6.45, 7) is 2.10.